The standard InChI is InChI=1S/C9H13NO2/c11-8(12)6-5-4-10-9(7(5)6)2-1-3-9/h5-7,10H,1-4H2,(H,11,12). The normalized spacial score (nSPS) is 46.8. The number of aliphatic carboxylic acids is 1. The van der Waals surface area contributed by atoms with Gasteiger partial charge < -0.3 is 10.4 Å². The van der Waals surface area contributed by atoms with E-state index in [0.717, 1.165) is 6.54 Å². The van der Waals surface area contributed by atoms with E-state index in [9.17, 15) is 4.79 Å². The second-order valence-corrected chi connectivity index (χ2v) is 4.44. The molecule has 3 aliphatic rings. The van der Waals surface area contributed by atoms with E-state index in [0.29, 0.717) is 11.8 Å². The Morgan fingerprint density at radius 2 is 2.25 bits per heavy atom. The summed E-state index contributed by atoms with van der Waals surface area (Å²) in [7, 11) is 0. The van der Waals surface area contributed by atoms with Crippen molar-refractivity contribution >= 4 is 5.97 Å². The third-order valence-electron chi connectivity index (χ3n) is 4.03. The van der Waals surface area contributed by atoms with Crippen LogP contribution in [0.15, 0.2) is 0 Å². The van der Waals surface area contributed by atoms with Gasteiger partial charge in [0, 0.05) is 5.54 Å². The molecule has 66 valence electrons. The van der Waals surface area contributed by atoms with Gasteiger partial charge in [-0.05, 0) is 37.6 Å². The Bertz CT molecular complexity index is 247. The maximum absolute atomic E-state index is 10.8. The van der Waals surface area contributed by atoms with E-state index in [4.69, 9.17) is 5.11 Å². The van der Waals surface area contributed by atoms with Crippen LogP contribution in [0.3, 0.4) is 0 Å². The lowest BCUT2D eigenvalue weighted by molar-refractivity contribution is -0.139. The van der Waals surface area contributed by atoms with Gasteiger partial charge in [-0.3, -0.25) is 4.79 Å². The summed E-state index contributed by atoms with van der Waals surface area (Å²) in [6.07, 6.45) is 3.69. The van der Waals surface area contributed by atoms with E-state index in [1.54, 1.807) is 0 Å². The van der Waals surface area contributed by atoms with Crippen molar-refractivity contribution < 1.29 is 9.90 Å². The van der Waals surface area contributed by atoms with Crippen LogP contribution in [0.2, 0.25) is 0 Å². The van der Waals surface area contributed by atoms with Crippen LogP contribution < -0.4 is 5.32 Å². The maximum Gasteiger partial charge on any atom is 0.307 e. The highest BCUT2D eigenvalue weighted by molar-refractivity contribution is 5.75. The molecule has 1 aliphatic heterocycles. The van der Waals surface area contributed by atoms with Crippen molar-refractivity contribution in [1.29, 1.82) is 0 Å². The minimum Gasteiger partial charge on any atom is -0.481 e. The summed E-state index contributed by atoms with van der Waals surface area (Å²) in [4.78, 5) is 10.8. The second kappa shape index (κ2) is 1.84. The molecule has 1 saturated heterocycles. The van der Waals surface area contributed by atoms with Crippen LogP contribution in [0, 0.1) is 17.8 Å². The van der Waals surface area contributed by atoms with Crippen LogP contribution in [-0.2, 0) is 4.79 Å². The molecule has 0 radical (unpaired) electrons. The first-order chi connectivity index (χ1) is 5.75. The number of piperidine rings is 1. The molecule has 2 N–H and O–H groups in total. The van der Waals surface area contributed by atoms with Crippen molar-refractivity contribution in [2.24, 2.45) is 17.8 Å². The molecule has 3 atom stereocenters. The van der Waals surface area contributed by atoms with Gasteiger partial charge in [-0.25, -0.2) is 0 Å². The first-order valence-electron chi connectivity index (χ1n) is 4.72. The first kappa shape index (κ1) is 6.89. The molecule has 0 aromatic rings. The van der Waals surface area contributed by atoms with Gasteiger partial charge in [0.25, 0.3) is 0 Å². The molecule has 2 aliphatic carbocycles. The predicted molar refractivity (Wildman–Crippen MR) is 42.7 cm³/mol. The molecule has 12 heavy (non-hydrogen) atoms. The lowest BCUT2D eigenvalue weighted by Crippen LogP contribution is -2.51. The van der Waals surface area contributed by atoms with Gasteiger partial charge >= 0.3 is 5.97 Å². The molecule has 0 aromatic heterocycles. The highest BCUT2D eigenvalue weighted by Crippen LogP contribution is 2.62. The average molecular weight is 167 g/mol. The summed E-state index contributed by atoms with van der Waals surface area (Å²) >= 11 is 0. The zero-order valence-electron chi connectivity index (χ0n) is 6.92. The van der Waals surface area contributed by atoms with E-state index >= 15 is 0 Å². The summed E-state index contributed by atoms with van der Waals surface area (Å²) in [6, 6.07) is 0. The molecule has 0 amide bonds. The van der Waals surface area contributed by atoms with Gasteiger partial charge in [0.1, 0.15) is 0 Å². The molecule has 3 rings (SSSR count). The Balaban J connectivity index is 1.82. The highest BCUT2D eigenvalue weighted by atomic mass is 16.4. The van der Waals surface area contributed by atoms with Gasteiger partial charge in [-0.15, -0.1) is 0 Å². The molecule has 3 nitrogen and oxygen atoms in total. The molecule has 3 unspecified atom stereocenters. The van der Waals surface area contributed by atoms with Crippen LogP contribution in [0.1, 0.15) is 19.3 Å². The zero-order chi connectivity index (χ0) is 8.34. The van der Waals surface area contributed by atoms with Crippen LogP contribution in [0.25, 0.3) is 0 Å². The fourth-order valence-corrected chi connectivity index (χ4v) is 3.22. The van der Waals surface area contributed by atoms with Crippen molar-refractivity contribution in [2.45, 2.75) is 24.8 Å². The van der Waals surface area contributed by atoms with Crippen molar-refractivity contribution in [3.05, 3.63) is 0 Å². The number of nitrogens with one attached hydrogen (secondary N) is 1. The van der Waals surface area contributed by atoms with Crippen molar-refractivity contribution in [3.8, 4) is 0 Å². The van der Waals surface area contributed by atoms with Crippen LogP contribution >= 0.6 is 0 Å². The predicted octanol–water partition coefficient (Wildman–Crippen LogP) is 0.459. The van der Waals surface area contributed by atoms with E-state index in [2.05, 4.69) is 5.32 Å². The van der Waals surface area contributed by atoms with Gasteiger partial charge in [-0.2, -0.15) is 0 Å². The molecular formula is C9H13NO2. The van der Waals surface area contributed by atoms with Crippen molar-refractivity contribution in [3.63, 3.8) is 0 Å². The number of hydrogen-bond acceptors (Lipinski definition) is 2. The van der Waals surface area contributed by atoms with Gasteiger partial charge in [0.15, 0.2) is 0 Å². The summed E-state index contributed by atoms with van der Waals surface area (Å²) in [5, 5.41) is 12.4. The zero-order valence-corrected chi connectivity index (χ0v) is 6.92. The summed E-state index contributed by atoms with van der Waals surface area (Å²) in [6.45, 7) is 0.946. The van der Waals surface area contributed by atoms with Crippen LogP contribution in [0.5, 0.6) is 0 Å². The monoisotopic (exact) mass is 167 g/mol. The molecule has 0 bridgehead atoms. The molecule has 3 heteroatoms. The molecule has 1 spiro atoms. The first-order valence-corrected chi connectivity index (χ1v) is 4.72. The Morgan fingerprint density at radius 3 is 2.67 bits per heavy atom. The molecule has 1 heterocycles. The van der Waals surface area contributed by atoms with E-state index in [1.165, 1.54) is 19.3 Å². The SMILES string of the molecule is O=C(O)C1C2CNC3(CCC3)C21. The summed E-state index contributed by atoms with van der Waals surface area (Å²) in [5.41, 5.74) is 0.272. The van der Waals surface area contributed by atoms with Gasteiger partial charge in [0.2, 0.25) is 0 Å². The topological polar surface area (TPSA) is 49.3 Å². The third-order valence-corrected chi connectivity index (χ3v) is 4.03. The lowest BCUT2D eigenvalue weighted by Gasteiger charge is -2.41. The van der Waals surface area contributed by atoms with Crippen LogP contribution in [-0.4, -0.2) is 23.2 Å². The molecule has 0 aromatic carbocycles. The number of hydrogen-bond donors (Lipinski definition) is 2. The summed E-state index contributed by atoms with van der Waals surface area (Å²) < 4.78 is 0. The highest BCUT2D eigenvalue weighted by Gasteiger charge is 2.69. The fourth-order valence-electron chi connectivity index (χ4n) is 3.22. The molecule has 3 fully saturated rings. The largest absolute Gasteiger partial charge is 0.481 e. The average Bonchev–Trinajstić information content (AvgIpc) is 2.53. The quantitative estimate of drug-likeness (QED) is 0.596. The van der Waals surface area contributed by atoms with Gasteiger partial charge in [0.05, 0.1) is 5.92 Å². The summed E-state index contributed by atoms with van der Waals surface area (Å²) in [5.74, 6) is 0.357. The number of carboxylic acid groups (broad SMARTS) is 1. The minimum absolute atomic E-state index is 0.00782. The number of rotatable bonds is 1. The molecule has 2 saturated carbocycles. The fraction of sp³-hybridized carbons (Fsp3) is 0.889. The number of carbonyl (C=O) groups is 1. The lowest BCUT2D eigenvalue weighted by atomic mass is 9.73. The minimum atomic E-state index is -0.572. The van der Waals surface area contributed by atoms with E-state index in [1.807, 2.05) is 0 Å². The van der Waals surface area contributed by atoms with Gasteiger partial charge in [-0.1, -0.05) is 0 Å². The van der Waals surface area contributed by atoms with Crippen molar-refractivity contribution in [1.82, 2.24) is 5.32 Å². The smallest absolute Gasteiger partial charge is 0.307 e. The Kier molecular flexibility index (Phi) is 1.06. The Labute approximate surface area is 71.1 Å². The van der Waals surface area contributed by atoms with Crippen molar-refractivity contribution in [2.75, 3.05) is 6.54 Å². The number of carboxylic acids is 1. The second-order valence-electron chi connectivity index (χ2n) is 4.44. The third kappa shape index (κ3) is 0.600. The Hall–Kier alpha value is -0.570. The Morgan fingerprint density at radius 1 is 1.50 bits per heavy atom. The van der Waals surface area contributed by atoms with E-state index < -0.39 is 5.97 Å². The van der Waals surface area contributed by atoms with Crippen LogP contribution in [0.4, 0.5) is 0 Å². The molecular weight excluding hydrogens is 154 g/mol. The maximum atomic E-state index is 10.8. The van der Waals surface area contributed by atoms with E-state index in [-0.39, 0.29) is 11.5 Å². The number of fused-ring (bicyclic) bond motifs is 2.